The van der Waals surface area contributed by atoms with Gasteiger partial charge in [-0.15, -0.1) is 0 Å². The van der Waals surface area contributed by atoms with Crippen molar-refractivity contribution in [3.63, 3.8) is 0 Å². The van der Waals surface area contributed by atoms with Gasteiger partial charge in [0, 0.05) is 18.6 Å². The second-order valence-electron chi connectivity index (χ2n) is 5.37. The third kappa shape index (κ3) is 2.88. The van der Waals surface area contributed by atoms with Crippen molar-refractivity contribution in [2.75, 3.05) is 19.8 Å². The molecule has 21 heavy (non-hydrogen) atoms. The summed E-state index contributed by atoms with van der Waals surface area (Å²) >= 11 is 0. The molecule has 3 atom stereocenters. The molecule has 1 amide bonds. The first-order valence-electron chi connectivity index (χ1n) is 7.16. The zero-order chi connectivity index (χ0) is 14.8. The van der Waals surface area contributed by atoms with Gasteiger partial charge >= 0.3 is 0 Å². The number of rotatable bonds is 3. The molecule has 1 aromatic rings. The van der Waals surface area contributed by atoms with Crippen LogP contribution in [0.25, 0.3) is 0 Å². The number of hydrogen-bond donors (Lipinski definition) is 3. The maximum atomic E-state index is 12.3. The van der Waals surface area contributed by atoms with Gasteiger partial charge in [-0.3, -0.25) is 4.79 Å². The Balaban J connectivity index is 1.68. The summed E-state index contributed by atoms with van der Waals surface area (Å²) in [6, 6.07) is 4.93. The van der Waals surface area contributed by atoms with Gasteiger partial charge in [0.1, 0.15) is 18.0 Å². The number of fused-ring (bicyclic) bond motifs is 1. The average molecular weight is 293 g/mol. The predicted octanol–water partition coefficient (Wildman–Crippen LogP) is -0.138. The average Bonchev–Trinajstić information content (AvgIpc) is 2.96. The number of aliphatic hydroxyl groups is 2. The van der Waals surface area contributed by atoms with Gasteiger partial charge in [-0.2, -0.15) is 0 Å². The van der Waals surface area contributed by atoms with Crippen LogP contribution in [-0.2, 0) is 11.2 Å². The largest absolute Gasteiger partial charge is 0.493 e. The lowest BCUT2D eigenvalue weighted by Crippen LogP contribution is -2.54. The number of ether oxygens (including phenoxy) is 2. The number of carbonyl (C=O) groups is 1. The lowest BCUT2D eigenvalue weighted by Gasteiger charge is -2.34. The molecular formula is C15H19NO5. The number of benzene rings is 1. The zero-order valence-corrected chi connectivity index (χ0v) is 11.6. The van der Waals surface area contributed by atoms with E-state index in [9.17, 15) is 9.90 Å². The Labute approximate surface area is 122 Å². The second-order valence-corrected chi connectivity index (χ2v) is 5.37. The molecule has 0 saturated carbocycles. The van der Waals surface area contributed by atoms with E-state index in [-0.39, 0.29) is 12.5 Å². The molecule has 0 unspecified atom stereocenters. The van der Waals surface area contributed by atoms with E-state index in [2.05, 4.69) is 5.32 Å². The summed E-state index contributed by atoms with van der Waals surface area (Å²) in [5, 5.41) is 22.0. The van der Waals surface area contributed by atoms with Crippen LogP contribution in [0.5, 0.6) is 5.75 Å². The highest BCUT2D eigenvalue weighted by atomic mass is 16.5. The van der Waals surface area contributed by atoms with Gasteiger partial charge in [0.15, 0.2) is 0 Å². The first kappa shape index (κ1) is 14.3. The Hall–Kier alpha value is -1.63. The van der Waals surface area contributed by atoms with Gasteiger partial charge < -0.3 is 25.0 Å². The van der Waals surface area contributed by atoms with Gasteiger partial charge in [0.2, 0.25) is 0 Å². The summed E-state index contributed by atoms with van der Waals surface area (Å²) in [4.78, 5) is 12.3. The van der Waals surface area contributed by atoms with Gasteiger partial charge in [-0.1, -0.05) is 0 Å². The minimum Gasteiger partial charge on any atom is -0.493 e. The fraction of sp³-hybridized carbons (Fsp3) is 0.533. The van der Waals surface area contributed by atoms with Crippen LogP contribution in [0.2, 0.25) is 0 Å². The number of nitrogens with one attached hydrogen (secondary N) is 1. The molecule has 0 aliphatic carbocycles. The molecule has 114 valence electrons. The van der Waals surface area contributed by atoms with Crippen LogP contribution in [0, 0.1) is 0 Å². The van der Waals surface area contributed by atoms with Gasteiger partial charge in [-0.05, 0) is 30.2 Å². The van der Waals surface area contributed by atoms with Crippen LogP contribution in [0.4, 0.5) is 0 Å². The van der Waals surface area contributed by atoms with Crippen LogP contribution < -0.4 is 10.1 Å². The molecule has 1 fully saturated rings. The third-order valence-corrected chi connectivity index (χ3v) is 4.00. The highest BCUT2D eigenvalue weighted by Crippen LogP contribution is 2.26. The number of aliphatic hydroxyl groups excluding tert-OH is 2. The Morgan fingerprint density at radius 3 is 3.05 bits per heavy atom. The highest BCUT2D eigenvalue weighted by molar-refractivity contribution is 5.94. The fourth-order valence-electron chi connectivity index (χ4n) is 2.77. The number of carbonyl (C=O) groups excluding carboxylic acids is 1. The molecule has 6 nitrogen and oxygen atoms in total. The van der Waals surface area contributed by atoms with E-state index in [0.29, 0.717) is 25.2 Å². The monoisotopic (exact) mass is 293 g/mol. The molecule has 2 heterocycles. The third-order valence-electron chi connectivity index (χ3n) is 4.00. The SMILES string of the molecule is O=C(N[C@H]1CCO[C@H](CO)[C@H]1O)c1ccc2c(c1)CCO2. The molecule has 0 bridgehead atoms. The number of amides is 1. The predicted molar refractivity (Wildman–Crippen MR) is 74.3 cm³/mol. The van der Waals surface area contributed by atoms with Crippen molar-refractivity contribution in [3.05, 3.63) is 29.3 Å². The first-order chi connectivity index (χ1) is 10.2. The van der Waals surface area contributed by atoms with Gasteiger partial charge in [-0.25, -0.2) is 0 Å². The van der Waals surface area contributed by atoms with Crippen LogP contribution >= 0.6 is 0 Å². The van der Waals surface area contributed by atoms with Crippen molar-refractivity contribution >= 4 is 5.91 Å². The molecule has 3 rings (SSSR count). The molecule has 0 radical (unpaired) electrons. The minimum absolute atomic E-state index is 0.229. The Bertz CT molecular complexity index is 533. The van der Waals surface area contributed by atoms with Gasteiger partial charge in [0.25, 0.3) is 5.91 Å². The molecule has 0 spiro atoms. The van der Waals surface area contributed by atoms with E-state index in [0.717, 1.165) is 17.7 Å². The van der Waals surface area contributed by atoms with Gasteiger partial charge in [0.05, 0.1) is 19.3 Å². The smallest absolute Gasteiger partial charge is 0.251 e. The summed E-state index contributed by atoms with van der Waals surface area (Å²) in [6.07, 6.45) is -0.205. The van der Waals surface area contributed by atoms with E-state index in [1.807, 2.05) is 6.07 Å². The van der Waals surface area contributed by atoms with E-state index < -0.39 is 18.2 Å². The summed E-state index contributed by atoms with van der Waals surface area (Å²) in [6.45, 7) is 0.798. The van der Waals surface area contributed by atoms with Crippen molar-refractivity contribution in [1.82, 2.24) is 5.32 Å². The van der Waals surface area contributed by atoms with E-state index in [4.69, 9.17) is 14.6 Å². The van der Waals surface area contributed by atoms with Crippen LogP contribution in [0.1, 0.15) is 22.3 Å². The quantitative estimate of drug-likeness (QED) is 0.722. The topological polar surface area (TPSA) is 88.0 Å². The van der Waals surface area contributed by atoms with Crippen molar-refractivity contribution in [1.29, 1.82) is 0 Å². The molecule has 2 aliphatic heterocycles. The van der Waals surface area contributed by atoms with Crippen molar-refractivity contribution in [2.24, 2.45) is 0 Å². The van der Waals surface area contributed by atoms with Crippen LogP contribution in [-0.4, -0.2) is 54.2 Å². The highest BCUT2D eigenvalue weighted by Gasteiger charge is 2.33. The molecular weight excluding hydrogens is 274 g/mol. The summed E-state index contributed by atoms with van der Waals surface area (Å²) in [7, 11) is 0. The Kier molecular flexibility index (Phi) is 4.10. The molecule has 1 aromatic carbocycles. The minimum atomic E-state index is -0.898. The Morgan fingerprint density at radius 1 is 1.38 bits per heavy atom. The standard InChI is InChI=1S/C15H19NO5/c17-8-13-14(18)11(4-6-21-13)16-15(19)10-1-2-12-9(7-10)3-5-20-12/h1-2,7,11,13-14,17-18H,3-6,8H2,(H,16,19)/t11-,13+,14-/m0/s1. The molecule has 3 N–H and O–H groups in total. The summed E-state index contributed by atoms with van der Waals surface area (Å²) in [5.41, 5.74) is 1.59. The molecule has 1 saturated heterocycles. The van der Waals surface area contributed by atoms with Crippen LogP contribution in [0.3, 0.4) is 0 Å². The molecule has 0 aromatic heterocycles. The van der Waals surface area contributed by atoms with Crippen LogP contribution in [0.15, 0.2) is 18.2 Å². The first-order valence-corrected chi connectivity index (χ1v) is 7.16. The van der Waals surface area contributed by atoms with Crippen molar-refractivity contribution < 1.29 is 24.5 Å². The number of hydrogen-bond acceptors (Lipinski definition) is 5. The van der Waals surface area contributed by atoms with E-state index in [1.165, 1.54) is 0 Å². The van der Waals surface area contributed by atoms with E-state index >= 15 is 0 Å². The van der Waals surface area contributed by atoms with Crippen molar-refractivity contribution in [3.8, 4) is 5.75 Å². The molecule has 2 aliphatic rings. The van der Waals surface area contributed by atoms with E-state index in [1.54, 1.807) is 12.1 Å². The van der Waals surface area contributed by atoms with Crippen molar-refractivity contribution in [2.45, 2.75) is 31.1 Å². The zero-order valence-electron chi connectivity index (χ0n) is 11.6. The maximum Gasteiger partial charge on any atom is 0.251 e. The maximum absolute atomic E-state index is 12.3. The molecule has 6 heteroatoms. The lowest BCUT2D eigenvalue weighted by molar-refractivity contribution is -0.107. The summed E-state index contributed by atoms with van der Waals surface area (Å²) in [5.74, 6) is 0.602. The summed E-state index contributed by atoms with van der Waals surface area (Å²) < 4.78 is 10.7. The lowest BCUT2D eigenvalue weighted by atomic mass is 9.99. The second kappa shape index (κ2) is 6.01. The normalized spacial score (nSPS) is 27.8. The Morgan fingerprint density at radius 2 is 2.24 bits per heavy atom. The fourth-order valence-corrected chi connectivity index (χ4v) is 2.77.